The van der Waals surface area contributed by atoms with Crippen molar-refractivity contribution in [1.82, 2.24) is 0 Å². The summed E-state index contributed by atoms with van der Waals surface area (Å²) in [6.07, 6.45) is 0. The fraction of sp³-hybridized carbons (Fsp3) is 0.133. The maximum Gasteiger partial charge on any atom is 0.338 e. The number of rotatable bonds is 3. The Kier molecular flexibility index (Phi) is 3.55. The highest BCUT2D eigenvalue weighted by Crippen LogP contribution is 2.40. The molecule has 1 unspecified atom stereocenters. The molecule has 3 nitrogen and oxygen atoms in total. The summed E-state index contributed by atoms with van der Waals surface area (Å²) in [5.41, 5.74) is 0.483. The van der Waals surface area contributed by atoms with Crippen LogP contribution in [0.4, 0.5) is 14.5 Å². The van der Waals surface area contributed by atoms with Crippen molar-refractivity contribution in [2.24, 2.45) is 0 Å². The van der Waals surface area contributed by atoms with Crippen molar-refractivity contribution < 1.29 is 18.7 Å². The highest BCUT2D eigenvalue weighted by Gasteiger charge is 2.24. The number of carboxylic acid groups (broad SMARTS) is 1. The molecule has 1 atom stereocenters. The minimum absolute atomic E-state index is 0.00361. The van der Waals surface area contributed by atoms with Crippen molar-refractivity contribution >= 4 is 23.4 Å². The summed E-state index contributed by atoms with van der Waals surface area (Å²) >= 11 is 1.64. The van der Waals surface area contributed by atoms with Crippen LogP contribution >= 0.6 is 11.8 Å². The van der Waals surface area contributed by atoms with E-state index in [1.807, 2.05) is 24.3 Å². The highest BCUT2D eigenvalue weighted by atomic mass is 32.2. The summed E-state index contributed by atoms with van der Waals surface area (Å²) in [6.45, 7) is 0. The molecule has 0 aliphatic carbocycles. The smallest absolute Gasteiger partial charge is 0.338 e. The van der Waals surface area contributed by atoms with Crippen LogP contribution in [0, 0.1) is 11.6 Å². The van der Waals surface area contributed by atoms with Gasteiger partial charge in [0.2, 0.25) is 0 Å². The number of halogens is 2. The molecule has 0 amide bonds. The van der Waals surface area contributed by atoms with Gasteiger partial charge in [-0.2, -0.15) is 0 Å². The van der Waals surface area contributed by atoms with E-state index in [1.165, 1.54) is 0 Å². The van der Waals surface area contributed by atoms with Gasteiger partial charge in [-0.15, -0.1) is 11.8 Å². The predicted molar refractivity (Wildman–Crippen MR) is 76.8 cm³/mol. The molecule has 108 valence electrons. The number of hydrogen-bond acceptors (Lipinski definition) is 3. The molecule has 1 aliphatic rings. The molecule has 2 aromatic rings. The molecule has 6 heteroatoms. The first-order valence-corrected chi connectivity index (χ1v) is 7.25. The first-order chi connectivity index (χ1) is 10.1. The summed E-state index contributed by atoms with van der Waals surface area (Å²) in [5, 5.41) is 11.9. The van der Waals surface area contributed by atoms with Crippen LogP contribution < -0.4 is 5.32 Å². The Bertz CT molecular complexity index is 721. The number of benzene rings is 2. The lowest BCUT2D eigenvalue weighted by molar-refractivity contribution is 0.0692. The Labute approximate surface area is 124 Å². The van der Waals surface area contributed by atoms with Crippen LogP contribution in [0.3, 0.4) is 0 Å². The Hall–Kier alpha value is -2.08. The molecular weight excluding hydrogens is 296 g/mol. The van der Waals surface area contributed by atoms with Crippen molar-refractivity contribution in [2.75, 3.05) is 11.1 Å². The molecule has 0 spiro atoms. The van der Waals surface area contributed by atoms with E-state index in [-0.39, 0.29) is 11.7 Å². The second-order valence-corrected chi connectivity index (χ2v) is 5.72. The number of carboxylic acids is 1. The third-order valence-corrected chi connectivity index (χ3v) is 4.50. The van der Waals surface area contributed by atoms with Gasteiger partial charge in [0.05, 0.1) is 17.3 Å². The number of carbonyl (C=O) groups is 1. The van der Waals surface area contributed by atoms with Gasteiger partial charge in [0, 0.05) is 16.7 Å². The van der Waals surface area contributed by atoms with Gasteiger partial charge in [-0.25, -0.2) is 13.6 Å². The van der Waals surface area contributed by atoms with E-state index >= 15 is 0 Å². The molecule has 2 aromatic carbocycles. The highest BCUT2D eigenvalue weighted by molar-refractivity contribution is 7.99. The van der Waals surface area contributed by atoms with Crippen LogP contribution in [0.2, 0.25) is 0 Å². The predicted octanol–water partition coefficient (Wildman–Crippen LogP) is 3.92. The molecule has 0 radical (unpaired) electrons. The van der Waals surface area contributed by atoms with Gasteiger partial charge in [0.15, 0.2) is 0 Å². The zero-order valence-electron chi connectivity index (χ0n) is 10.8. The van der Waals surface area contributed by atoms with Crippen LogP contribution in [0.25, 0.3) is 0 Å². The van der Waals surface area contributed by atoms with Gasteiger partial charge in [0.25, 0.3) is 0 Å². The van der Waals surface area contributed by atoms with E-state index in [0.717, 1.165) is 16.5 Å². The zero-order valence-corrected chi connectivity index (χ0v) is 11.6. The van der Waals surface area contributed by atoms with Crippen molar-refractivity contribution in [3.8, 4) is 0 Å². The molecular formula is C15H11F2NO2S. The number of nitrogens with one attached hydrogen (secondary N) is 1. The van der Waals surface area contributed by atoms with E-state index in [0.29, 0.717) is 11.8 Å². The van der Waals surface area contributed by atoms with E-state index in [2.05, 4.69) is 5.32 Å². The van der Waals surface area contributed by atoms with Gasteiger partial charge >= 0.3 is 5.97 Å². The Morgan fingerprint density at radius 1 is 1.24 bits per heavy atom. The van der Waals surface area contributed by atoms with E-state index in [1.54, 1.807) is 11.8 Å². The molecule has 2 N–H and O–H groups in total. The van der Waals surface area contributed by atoms with Crippen LogP contribution in [0.1, 0.15) is 22.0 Å². The number of hydrogen-bond donors (Lipinski definition) is 2. The molecule has 0 saturated carbocycles. The third kappa shape index (κ3) is 2.58. The normalized spacial score (nSPS) is 16.6. The molecule has 21 heavy (non-hydrogen) atoms. The summed E-state index contributed by atoms with van der Waals surface area (Å²) in [4.78, 5) is 12.0. The van der Waals surface area contributed by atoms with Gasteiger partial charge in [-0.3, -0.25) is 0 Å². The first-order valence-electron chi connectivity index (χ1n) is 6.27. The number of anilines is 1. The number of aromatic carboxylic acids is 1. The van der Waals surface area contributed by atoms with E-state index in [9.17, 15) is 13.6 Å². The summed E-state index contributed by atoms with van der Waals surface area (Å²) in [5.74, 6) is -2.59. The SMILES string of the molecule is O=C(O)c1cc(NC2CSc3ccccc32)c(F)cc1F. The van der Waals surface area contributed by atoms with Gasteiger partial charge in [0.1, 0.15) is 11.6 Å². The van der Waals surface area contributed by atoms with Crippen LogP contribution in [0.15, 0.2) is 41.3 Å². The van der Waals surface area contributed by atoms with E-state index < -0.39 is 23.2 Å². The van der Waals surface area contributed by atoms with Crippen LogP contribution in [0.5, 0.6) is 0 Å². The van der Waals surface area contributed by atoms with Crippen molar-refractivity contribution in [3.05, 3.63) is 59.2 Å². The largest absolute Gasteiger partial charge is 0.478 e. The van der Waals surface area contributed by atoms with E-state index in [4.69, 9.17) is 5.11 Å². The van der Waals surface area contributed by atoms with Gasteiger partial charge < -0.3 is 10.4 Å². The monoisotopic (exact) mass is 307 g/mol. The lowest BCUT2D eigenvalue weighted by atomic mass is 10.1. The second-order valence-electron chi connectivity index (χ2n) is 4.66. The fourth-order valence-corrected chi connectivity index (χ4v) is 3.45. The molecule has 3 rings (SSSR count). The topological polar surface area (TPSA) is 49.3 Å². The molecule has 0 aromatic heterocycles. The minimum Gasteiger partial charge on any atom is -0.478 e. The Morgan fingerprint density at radius 3 is 2.76 bits per heavy atom. The number of fused-ring (bicyclic) bond motifs is 1. The maximum absolute atomic E-state index is 13.8. The van der Waals surface area contributed by atoms with Crippen LogP contribution in [-0.4, -0.2) is 16.8 Å². The first kappa shape index (κ1) is 13.9. The standard InChI is InChI=1S/C15H11F2NO2S/c16-10-6-11(17)12(5-9(10)15(19)20)18-13-7-21-14-4-2-1-3-8(13)14/h1-6,13,18H,7H2,(H,19,20). The maximum atomic E-state index is 13.8. The third-order valence-electron chi connectivity index (χ3n) is 3.32. The summed E-state index contributed by atoms with van der Waals surface area (Å²) < 4.78 is 27.2. The molecule has 1 heterocycles. The lowest BCUT2D eigenvalue weighted by Crippen LogP contribution is -2.12. The Balaban J connectivity index is 1.93. The lowest BCUT2D eigenvalue weighted by Gasteiger charge is -2.16. The van der Waals surface area contributed by atoms with Crippen molar-refractivity contribution in [1.29, 1.82) is 0 Å². The van der Waals surface area contributed by atoms with Gasteiger partial charge in [-0.05, 0) is 17.7 Å². The molecule has 0 saturated heterocycles. The molecule has 0 bridgehead atoms. The average molecular weight is 307 g/mol. The fourth-order valence-electron chi connectivity index (χ4n) is 2.29. The average Bonchev–Trinajstić information content (AvgIpc) is 2.85. The van der Waals surface area contributed by atoms with Crippen LogP contribution in [-0.2, 0) is 0 Å². The van der Waals surface area contributed by atoms with Gasteiger partial charge in [-0.1, -0.05) is 18.2 Å². The Morgan fingerprint density at radius 2 is 2.00 bits per heavy atom. The molecule has 1 aliphatic heterocycles. The quantitative estimate of drug-likeness (QED) is 0.902. The van der Waals surface area contributed by atoms with Crippen molar-refractivity contribution in [2.45, 2.75) is 10.9 Å². The molecule has 0 fully saturated rings. The second kappa shape index (κ2) is 5.37. The summed E-state index contributed by atoms with van der Waals surface area (Å²) in [7, 11) is 0. The minimum atomic E-state index is -1.42. The zero-order chi connectivity index (χ0) is 15.0. The number of thioether (sulfide) groups is 1. The summed E-state index contributed by atoms with van der Waals surface area (Å²) in [6, 6.07) is 9.20. The van der Waals surface area contributed by atoms with Crippen molar-refractivity contribution in [3.63, 3.8) is 0 Å².